The molecule has 2 aromatic rings. The zero-order chi connectivity index (χ0) is 17.0. The number of aromatic hydroxyl groups is 1. The number of carbonyl (C=O) groups is 1. The third-order valence-electron chi connectivity index (χ3n) is 3.01. The maximum Gasteiger partial charge on any atom is 0.250 e. The molecule has 0 unspecified atom stereocenters. The van der Waals surface area contributed by atoms with E-state index in [4.69, 9.17) is 11.6 Å². The van der Waals surface area contributed by atoms with Crippen molar-refractivity contribution in [2.24, 2.45) is 0 Å². The summed E-state index contributed by atoms with van der Waals surface area (Å²) in [6, 6.07) is 9.31. The summed E-state index contributed by atoms with van der Waals surface area (Å²) in [5, 5.41) is 9.22. The van der Waals surface area contributed by atoms with Gasteiger partial charge in [0.25, 0.3) is 10.0 Å². The van der Waals surface area contributed by atoms with Crippen LogP contribution in [0.25, 0.3) is 0 Å². The highest BCUT2D eigenvalue weighted by atomic mass is 35.5. The Morgan fingerprint density at radius 2 is 1.91 bits per heavy atom. The molecule has 0 radical (unpaired) electrons. The first-order valence-electron chi connectivity index (χ1n) is 6.55. The fourth-order valence-electron chi connectivity index (χ4n) is 1.77. The minimum absolute atomic E-state index is 0.0662. The van der Waals surface area contributed by atoms with Gasteiger partial charge in [-0.1, -0.05) is 23.7 Å². The number of benzene rings is 1. The quantitative estimate of drug-likeness (QED) is 0.810. The average Bonchev–Trinajstić information content (AvgIpc) is 2.94. The molecule has 124 valence electrons. The predicted octanol–water partition coefficient (Wildman–Crippen LogP) is 2.04. The van der Waals surface area contributed by atoms with Crippen molar-refractivity contribution in [3.05, 3.63) is 46.3 Å². The number of sulfonamides is 1. The molecule has 0 spiro atoms. The summed E-state index contributed by atoms with van der Waals surface area (Å²) < 4.78 is 26.7. The summed E-state index contributed by atoms with van der Waals surface area (Å²) in [6.07, 6.45) is 0. The van der Waals surface area contributed by atoms with Crippen molar-refractivity contribution in [1.82, 2.24) is 9.62 Å². The molecule has 0 aliphatic rings. The van der Waals surface area contributed by atoms with E-state index in [1.807, 2.05) is 0 Å². The first-order valence-corrected chi connectivity index (χ1v) is 9.22. The summed E-state index contributed by atoms with van der Waals surface area (Å²) >= 11 is 6.64. The van der Waals surface area contributed by atoms with Gasteiger partial charge in [0.2, 0.25) is 5.91 Å². The van der Waals surface area contributed by atoms with Gasteiger partial charge in [-0.2, -0.15) is 0 Å². The Morgan fingerprint density at radius 3 is 2.48 bits per heavy atom. The molecule has 0 aliphatic heterocycles. The number of phenolic OH excluding ortho intramolecular Hbond substituents is 1. The number of nitrogens with zero attached hydrogens (tertiary/aromatic N) is 1. The minimum Gasteiger partial charge on any atom is -0.508 e. The van der Waals surface area contributed by atoms with Gasteiger partial charge >= 0.3 is 0 Å². The summed E-state index contributed by atoms with van der Waals surface area (Å²) in [5.41, 5.74) is 0.826. The lowest BCUT2D eigenvalue weighted by atomic mass is 10.2. The van der Waals surface area contributed by atoms with Gasteiger partial charge in [-0.3, -0.25) is 4.79 Å². The van der Waals surface area contributed by atoms with Gasteiger partial charge in [-0.05, 0) is 29.8 Å². The molecule has 0 bridgehead atoms. The standard InChI is InChI=1S/C14H15ClN2O4S2/c1-17(9-10-2-4-11(18)5-3-10)13(19)8-16-23(20,21)14-7-6-12(15)22-14/h2-7,16,18H,8-9H2,1H3. The highest BCUT2D eigenvalue weighted by molar-refractivity contribution is 7.91. The summed E-state index contributed by atoms with van der Waals surface area (Å²) in [6.45, 7) is -0.0297. The average molecular weight is 375 g/mol. The van der Waals surface area contributed by atoms with E-state index in [2.05, 4.69) is 4.72 Å². The van der Waals surface area contributed by atoms with Crippen molar-refractivity contribution in [3.8, 4) is 5.75 Å². The number of carbonyl (C=O) groups excluding carboxylic acids is 1. The third kappa shape index (κ3) is 4.93. The van der Waals surface area contributed by atoms with Gasteiger partial charge in [0.05, 0.1) is 10.9 Å². The second-order valence-electron chi connectivity index (χ2n) is 4.80. The number of hydrogen-bond donors (Lipinski definition) is 2. The van der Waals surface area contributed by atoms with E-state index >= 15 is 0 Å². The Balaban J connectivity index is 1.92. The monoisotopic (exact) mass is 374 g/mol. The van der Waals surface area contributed by atoms with E-state index in [0.29, 0.717) is 10.9 Å². The molecule has 1 aromatic heterocycles. The number of likely N-dealkylation sites (N-methyl/N-ethyl adjacent to an activating group) is 1. The van der Waals surface area contributed by atoms with Crippen molar-refractivity contribution in [3.63, 3.8) is 0 Å². The van der Waals surface area contributed by atoms with Crippen molar-refractivity contribution in [2.75, 3.05) is 13.6 Å². The van der Waals surface area contributed by atoms with Crippen LogP contribution in [-0.4, -0.2) is 37.9 Å². The van der Waals surface area contributed by atoms with Crippen LogP contribution in [-0.2, 0) is 21.4 Å². The minimum atomic E-state index is -3.74. The highest BCUT2D eigenvalue weighted by Gasteiger charge is 2.19. The number of rotatable bonds is 6. The predicted molar refractivity (Wildman–Crippen MR) is 89.1 cm³/mol. The molecular formula is C14H15ClN2O4S2. The molecule has 0 saturated heterocycles. The Morgan fingerprint density at radius 1 is 1.26 bits per heavy atom. The van der Waals surface area contributed by atoms with E-state index < -0.39 is 10.0 Å². The Bertz CT molecular complexity index is 787. The second kappa shape index (κ2) is 7.31. The van der Waals surface area contributed by atoms with Gasteiger partial charge in [0.15, 0.2) is 0 Å². The first kappa shape index (κ1) is 17.7. The van der Waals surface area contributed by atoms with E-state index in [0.717, 1.165) is 16.9 Å². The zero-order valence-electron chi connectivity index (χ0n) is 12.2. The van der Waals surface area contributed by atoms with Gasteiger partial charge in [-0.15, -0.1) is 11.3 Å². The van der Waals surface area contributed by atoms with Crippen LogP contribution >= 0.6 is 22.9 Å². The molecule has 1 amide bonds. The Hall–Kier alpha value is -1.61. The lowest BCUT2D eigenvalue weighted by Crippen LogP contribution is -2.37. The molecule has 1 aromatic carbocycles. The maximum atomic E-state index is 12.0. The molecule has 9 heteroatoms. The molecule has 1 heterocycles. The molecule has 0 atom stereocenters. The van der Waals surface area contributed by atoms with Gasteiger partial charge < -0.3 is 10.0 Å². The summed E-state index contributed by atoms with van der Waals surface area (Å²) in [7, 11) is -2.17. The Kier molecular flexibility index (Phi) is 5.64. The van der Waals surface area contributed by atoms with Crippen LogP contribution in [0.1, 0.15) is 5.56 Å². The Labute approximate surface area is 143 Å². The largest absolute Gasteiger partial charge is 0.508 e. The van der Waals surface area contributed by atoms with Crippen molar-refractivity contribution >= 4 is 38.9 Å². The zero-order valence-corrected chi connectivity index (χ0v) is 14.6. The van der Waals surface area contributed by atoms with Crippen LogP contribution in [0.3, 0.4) is 0 Å². The van der Waals surface area contributed by atoms with Crippen LogP contribution in [0.2, 0.25) is 4.34 Å². The number of thiophene rings is 1. The topological polar surface area (TPSA) is 86.7 Å². The van der Waals surface area contributed by atoms with Crippen molar-refractivity contribution in [2.45, 2.75) is 10.8 Å². The SMILES string of the molecule is CN(Cc1ccc(O)cc1)C(=O)CNS(=O)(=O)c1ccc(Cl)s1. The summed E-state index contributed by atoms with van der Waals surface area (Å²) in [5.74, 6) is -0.227. The van der Waals surface area contributed by atoms with Crippen LogP contribution in [0.4, 0.5) is 0 Å². The number of phenols is 1. The van der Waals surface area contributed by atoms with Crippen LogP contribution in [0.5, 0.6) is 5.75 Å². The number of hydrogen-bond acceptors (Lipinski definition) is 5. The van der Waals surface area contributed by atoms with Gasteiger partial charge in [0.1, 0.15) is 9.96 Å². The van der Waals surface area contributed by atoms with Crippen molar-refractivity contribution < 1.29 is 18.3 Å². The van der Waals surface area contributed by atoms with E-state index in [1.54, 1.807) is 19.2 Å². The number of amides is 1. The number of halogens is 1. The third-order valence-corrected chi connectivity index (χ3v) is 6.13. The fraction of sp³-hybridized carbons (Fsp3) is 0.214. The smallest absolute Gasteiger partial charge is 0.250 e. The fourth-order valence-corrected chi connectivity index (χ4v) is 4.27. The number of nitrogens with one attached hydrogen (secondary N) is 1. The van der Waals surface area contributed by atoms with E-state index in [-0.39, 0.29) is 22.4 Å². The summed E-state index contributed by atoms with van der Waals surface area (Å²) in [4.78, 5) is 13.4. The maximum absolute atomic E-state index is 12.0. The van der Waals surface area contributed by atoms with Crippen molar-refractivity contribution in [1.29, 1.82) is 0 Å². The molecule has 0 saturated carbocycles. The molecular weight excluding hydrogens is 360 g/mol. The van der Waals surface area contributed by atoms with Gasteiger partial charge in [0, 0.05) is 13.6 Å². The molecule has 0 aliphatic carbocycles. The molecule has 2 rings (SSSR count). The molecule has 2 N–H and O–H groups in total. The lowest BCUT2D eigenvalue weighted by Gasteiger charge is -2.17. The molecule has 6 nitrogen and oxygen atoms in total. The molecule has 23 heavy (non-hydrogen) atoms. The van der Waals surface area contributed by atoms with Crippen LogP contribution in [0.15, 0.2) is 40.6 Å². The molecule has 0 fully saturated rings. The van der Waals surface area contributed by atoms with Gasteiger partial charge in [-0.25, -0.2) is 13.1 Å². The lowest BCUT2D eigenvalue weighted by molar-refractivity contribution is -0.129. The highest BCUT2D eigenvalue weighted by Crippen LogP contribution is 2.25. The van der Waals surface area contributed by atoms with Crippen LogP contribution in [0, 0.1) is 0 Å². The second-order valence-corrected chi connectivity index (χ2v) is 8.51. The van der Waals surface area contributed by atoms with E-state index in [1.165, 1.54) is 29.2 Å². The first-order chi connectivity index (χ1) is 10.8. The normalized spacial score (nSPS) is 11.4. The van der Waals surface area contributed by atoms with E-state index in [9.17, 15) is 18.3 Å². The van der Waals surface area contributed by atoms with Crippen LogP contribution < -0.4 is 4.72 Å².